The zero-order valence-electron chi connectivity index (χ0n) is 12.7. The minimum Gasteiger partial charge on any atom is -0.384 e. The number of hydrogen-bond donors (Lipinski definition) is 1. The summed E-state index contributed by atoms with van der Waals surface area (Å²) in [5, 5.41) is 2.81. The summed E-state index contributed by atoms with van der Waals surface area (Å²) in [7, 11) is 1.64. The first-order valence-corrected chi connectivity index (χ1v) is 7.19. The molecule has 2 rings (SSSR count). The molecule has 5 nitrogen and oxygen atoms in total. The molecule has 0 spiro atoms. The number of piperazine rings is 1. The van der Waals surface area contributed by atoms with E-state index in [0.717, 1.165) is 5.56 Å². The van der Waals surface area contributed by atoms with Crippen LogP contribution < -0.4 is 5.32 Å². The minimum atomic E-state index is -0.593. The molecule has 3 unspecified atom stereocenters. The van der Waals surface area contributed by atoms with Gasteiger partial charge in [-0.3, -0.25) is 9.59 Å². The van der Waals surface area contributed by atoms with Crippen molar-refractivity contribution >= 4 is 11.8 Å². The number of carbonyl (C=O) groups excluding carboxylic acids is 2. The lowest BCUT2D eigenvalue weighted by Crippen LogP contribution is -2.59. The number of benzene rings is 1. The van der Waals surface area contributed by atoms with Crippen molar-refractivity contribution in [3.05, 3.63) is 35.9 Å². The first kappa shape index (κ1) is 15.5. The first-order chi connectivity index (χ1) is 10.0. The van der Waals surface area contributed by atoms with Crippen LogP contribution in [-0.4, -0.2) is 43.0 Å². The monoisotopic (exact) mass is 290 g/mol. The van der Waals surface area contributed by atoms with E-state index in [-0.39, 0.29) is 17.7 Å². The molecule has 21 heavy (non-hydrogen) atoms. The Morgan fingerprint density at radius 3 is 2.57 bits per heavy atom. The maximum atomic E-state index is 12.7. The number of carbonyl (C=O) groups is 2. The Morgan fingerprint density at radius 1 is 1.29 bits per heavy atom. The zero-order valence-corrected chi connectivity index (χ0v) is 12.7. The van der Waals surface area contributed by atoms with Gasteiger partial charge in [0.15, 0.2) is 0 Å². The number of nitrogens with one attached hydrogen (secondary N) is 1. The summed E-state index contributed by atoms with van der Waals surface area (Å²) in [6.45, 7) is 4.85. The van der Waals surface area contributed by atoms with Gasteiger partial charge in [0, 0.05) is 13.7 Å². The smallest absolute Gasteiger partial charge is 0.250 e. The average Bonchev–Trinajstić information content (AvgIpc) is 2.48. The van der Waals surface area contributed by atoms with Crippen LogP contribution in [0.3, 0.4) is 0 Å². The fraction of sp³-hybridized carbons (Fsp3) is 0.500. The highest BCUT2D eigenvalue weighted by Gasteiger charge is 2.39. The highest BCUT2D eigenvalue weighted by molar-refractivity contribution is 5.97. The molecule has 114 valence electrons. The van der Waals surface area contributed by atoms with Crippen molar-refractivity contribution in [2.45, 2.75) is 25.9 Å². The van der Waals surface area contributed by atoms with Crippen molar-refractivity contribution in [1.82, 2.24) is 10.2 Å². The van der Waals surface area contributed by atoms with Crippen molar-refractivity contribution in [1.29, 1.82) is 0 Å². The van der Waals surface area contributed by atoms with Crippen LogP contribution in [0.5, 0.6) is 0 Å². The van der Waals surface area contributed by atoms with Crippen molar-refractivity contribution in [3.63, 3.8) is 0 Å². The Labute approximate surface area is 125 Å². The molecular weight excluding hydrogens is 268 g/mol. The molecule has 1 fully saturated rings. The molecule has 1 aromatic rings. The normalized spacial score (nSPS) is 23.9. The largest absolute Gasteiger partial charge is 0.384 e. The van der Waals surface area contributed by atoms with Gasteiger partial charge in [-0.05, 0) is 18.4 Å². The van der Waals surface area contributed by atoms with E-state index in [4.69, 9.17) is 4.74 Å². The molecule has 0 aromatic heterocycles. The number of rotatable bonds is 5. The molecule has 2 amide bonds. The molecule has 0 radical (unpaired) electrons. The third-order valence-electron chi connectivity index (χ3n) is 3.76. The van der Waals surface area contributed by atoms with E-state index < -0.39 is 12.1 Å². The second kappa shape index (κ2) is 6.72. The van der Waals surface area contributed by atoms with Gasteiger partial charge in [-0.25, -0.2) is 0 Å². The van der Waals surface area contributed by atoms with E-state index in [1.54, 1.807) is 18.9 Å². The summed E-state index contributed by atoms with van der Waals surface area (Å²) >= 11 is 0. The summed E-state index contributed by atoms with van der Waals surface area (Å²) in [4.78, 5) is 26.5. The summed E-state index contributed by atoms with van der Waals surface area (Å²) in [6, 6.07) is 8.29. The van der Waals surface area contributed by atoms with Gasteiger partial charge in [0.2, 0.25) is 11.8 Å². The first-order valence-electron chi connectivity index (χ1n) is 7.19. The van der Waals surface area contributed by atoms with Gasteiger partial charge < -0.3 is 15.0 Å². The van der Waals surface area contributed by atoms with Crippen molar-refractivity contribution in [3.8, 4) is 0 Å². The molecular formula is C16H22N2O3. The molecule has 1 aliphatic heterocycles. The van der Waals surface area contributed by atoms with Crippen molar-refractivity contribution in [2.75, 3.05) is 20.3 Å². The maximum absolute atomic E-state index is 12.7. The second-order valence-electron chi connectivity index (χ2n) is 5.58. The van der Waals surface area contributed by atoms with Crippen LogP contribution in [0.25, 0.3) is 0 Å². The van der Waals surface area contributed by atoms with Crippen LogP contribution >= 0.6 is 0 Å². The van der Waals surface area contributed by atoms with Crippen molar-refractivity contribution < 1.29 is 14.3 Å². The van der Waals surface area contributed by atoms with Crippen LogP contribution in [0.1, 0.15) is 25.5 Å². The summed E-state index contributed by atoms with van der Waals surface area (Å²) in [6.07, 6.45) is 0. The van der Waals surface area contributed by atoms with Crippen LogP contribution in [0, 0.1) is 5.92 Å². The Hall–Kier alpha value is -1.88. The van der Waals surface area contributed by atoms with Crippen LogP contribution in [0.2, 0.25) is 0 Å². The van der Waals surface area contributed by atoms with Crippen LogP contribution in [0.15, 0.2) is 30.3 Å². The highest BCUT2D eigenvalue weighted by Crippen LogP contribution is 2.22. The fourth-order valence-corrected chi connectivity index (χ4v) is 2.62. The van der Waals surface area contributed by atoms with Gasteiger partial charge in [-0.2, -0.15) is 0 Å². The molecule has 0 aliphatic carbocycles. The van der Waals surface area contributed by atoms with Gasteiger partial charge in [-0.1, -0.05) is 37.3 Å². The SMILES string of the molecule is COCC(C)CN1C(=O)C(c2ccccc2)NC(=O)C1C. The van der Waals surface area contributed by atoms with Crippen molar-refractivity contribution in [2.24, 2.45) is 5.92 Å². The lowest BCUT2D eigenvalue weighted by atomic mass is 9.99. The topological polar surface area (TPSA) is 58.6 Å². The Kier molecular flexibility index (Phi) is 4.96. The Morgan fingerprint density at radius 2 is 1.95 bits per heavy atom. The van der Waals surface area contributed by atoms with Gasteiger partial charge in [0.05, 0.1) is 6.61 Å². The average molecular weight is 290 g/mol. The number of ether oxygens (including phenoxy) is 1. The zero-order chi connectivity index (χ0) is 15.4. The molecule has 1 heterocycles. The van der Waals surface area contributed by atoms with Gasteiger partial charge in [0.25, 0.3) is 0 Å². The predicted molar refractivity (Wildman–Crippen MR) is 79.5 cm³/mol. The Balaban J connectivity index is 2.19. The second-order valence-corrected chi connectivity index (χ2v) is 5.58. The third kappa shape index (κ3) is 3.42. The maximum Gasteiger partial charge on any atom is 0.250 e. The molecule has 1 saturated heterocycles. The quantitative estimate of drug-likeness (QED) is 0.890. The Bertz CT molecular complexity index is 504. The number of amides is 2. The molecule has 5 heteroatoms. The fourth-order valence-electron chi connectivity index (χ4n) is 2.62. The number of nitrogens with zero attached hydrogens (tertiary/aromatic N) is 1. The lowest BCUT2D eigenvalue weighted by molar-refractivity contribution is -0.149. The van der Waals surface area contributed by atoms with E-state index in [2.05, 4.69) is 5.32 Å². The molecule has 3 atom stereocenters. The summed E-state index contributed by atoms with van der Waals surface area (Å²) < 4.78 is 5.12. The van der Waals surface area contributed by atoms with Crippen LogP contribution in [-0.2, 0) is 14.3 Å². The van der Waals surface area contributed by atoms with E-state index in [1.165, 1.54) is 0 Å². The van der Waals surface area contributed by atoms with E-state index in [9.17, 15) is 9.59 Å². The van der Waals surface area contributed by atoms with E-state index in [1.807, 2.05) is 37.3 Å². The highest BCUT2D eigenvalue weighted by atomic mass is 16.5. The van der Waals surface area contributed by atoms with Gasteiger partial charge >= 0.3 is 0 Å². The standard InChI is InChI=1S/C16H22N2O3/c1-11(10-21-3)9-18-12(2)15(19)17-14(16(18)20)13-7-5-4-6-8-13/h4-8,11-12,14H,9-10H2,1-3H3,(H,17,19). The molecule has 1 N–H and O–H groups in total. The minimum absolute atomic E-state index is 0.0590. The molecule has 1 aromatic carbocycles. The predicted octanol–water partition coefficient (Wildman–Crippen LogP) is 1.36. The van der Waals surface area contributed by atoms with Crippen LogP contribution in [0.4, 0.5) is 0 Å². The lowest BCUT2D eigenvalue weighted by Gasteiger charge is -2.38. The molecule has 0 bridgehead atoms. The van der Waals surface area contributed by atoms with Gasteiger partial charge in [-0.15, -0.1) is 0 Å². The number of methoxy groups -OCH3 is 1. The number of hydrogen-bond acceptors (Lipinski definition) is 3. The third-order valence-corrected chi connectivity index (χ3v) is 3.76. The molecule has 1 aliphatic rings. The van der Waals surface area contributed by atoms with E-state index in [0.29, 0.717) is 13.2 Å². The molecule has 0 saturated carbocycles. The van der Waals surface area contributed by atoms with E-state index >= 15 is 0 Å². The van der Waals surface area contributed by atoms with Gasteiger partial charge in [0.1, 0.15) is 12.1 Å². The summed E-state index contributed by atoms with van der Waals surface area (Å²) in [5.74, 6) is 0.00745. The summed E-state index contributed by atoms with van der Waals surface area (Å²) in [5.41, 5.74) is 0.812.